The van der Waals surface area contributed by atoms with Gasteiger partial charge in [-0.15, -0.1) is 5.10 Å². The average Bonchev–Trinajstić information content (AvgIpc) is 3.23. The Morgan fingerprint density at radius 2 is 2.07 bits per heavy atom. The molecular weight excluding hydrogens is 348 g/mol. The van der Waals surface area contributed by atoms with Gasteiger partial charge in [0.25, 0.3) is 5.91 Å². The summed E-state index contributed by atoms with van der Waals surface area (Å²) in [6.07, 6.45) is 3.34. The van der Waals surface area contributed by atoms with E-state index in [1.807, 2.05) is 18.2 Å². The number of benzene rings is 1. The van der Waals surface area contributed by atoms with E-state index in [4.69, 9.17) is 13.9 Å². The van der Waals surface area contributed by atoms with Crippen LogP contribution in [0.15, 0.2) is 41.0 Å². The normalized spacial score (nSPS) is 13.4. The van der Waals surface area contributed by atoms with Gasteiger partial charge in [0.1, 0.15) is 0 Å². The predicted molar refractivity (Wildman–Crippen MR) is 97.9 cm³/mol. The first kappa shape index (κ1) is 17.1. The smallest absolute Gasteiger partial charge is 0.253 e. The quantitative estimate of drug-likeness (QED) is 0.684. The monoisotopic (exact) mass is 368 g/mol. The molecule has 8 nitrogen and oxygen atoms in total. The Bertz CT molecular complexity index is 945. The summed E-state index contributed by atoms with van der Waals surface area (Å²) < 4.78 is 17.3. The molecule has 1 aromatic carbocycles. The van der Waals surface area contributed by atoms with Crippen LogP contribution in [0.25, 0.3) is 11.6 Å². The number of methoxy groups -OCH3 is 2. The number of carbonyl (C=O) groups is 1. The van der Waals surface area contributed by atoms with Gasteiger partial charge in [0.15, 0.2) is 17.3 Å². The number of rotatable bonds is 7. The Morgan fingerprint density at radius 3 is 2.74 bits per heavy atom. The first-order valence-corrected chi connectivity index (χ1v) is 8.69. The summed E-state index contributed by atoms with van der Waals surface area (Å²) in [4.78, 5) is 17.0. The molecule has 3 aromatic rings. The summed E-state index contributed by atoms with van der Waals surface area (Å²) in [5, 5.41) is 7.54. The van der Waals surface area contributed by atoms with Crippen molar-refractivity contribution in [2.45, 2.75) is 19.4 Å². The molecule has 1 aliphatic rings. The molecule has 2 heterocycles. The maximum atomic E-state index is 12.6. The molecule has 27 heavy (non-hydrogen) atoms. The molecule has 4 rings (SSSR count). The number of ether oxygens (including phenoxy) is 2. The lowest BCUT2D eigenvalue weighted by Crippen LogP contribution is -2.18. The van der Waals surface area contributed by atoms with Crippen molar-refractivity contribution >= 4 is 11.9 Å². The van der Waals surface area contributed by atoms with Gasteiger partial charge in [0.2, 0.25) is 11.8 Å². The number of hydrogen-bond acceptors (Lipinski definition) is 7. The van der Waals surface area contributed by atoms with Crippen molar-refractivity contribution in [3.63, 3.8) is 0 Å². The maximum absolute atomic E-state index is 12.6. The lowest BCUT2D eigenvalue weighted by Gasteiger charge is -2.10. The highest BCUT2D eigenvalue weighted by Gasteiger charge is 2.33. The topological polar surface area (TPSA) is 91.4 Å². The number of hydrogen-bond donors (Lipinski definition) is 1. The maximum Gasteiger partial charge on any atom is 0.253 e. The van der Waals surface area contributed by atoms with Gasteiger partial charge in [-0.3, -0.25) is 4.79 Å². The summed E-state index contributed by atoms with van der Waals surface area (Å²) in [5.74, 6) is 2.58. The second-order valence-electron chi connectivity index (χ2n) is 6.30. The standard InChI is InChI=1S/C19H20N4O4/c1-25-14-8-5-12(10-16(14)26-2)11-20-19-21-17(15-4-3-9-27-15)22-23(19)18(24)13-6-7-13/h3-5,8-10,13H,6-7,11H2,1-2H3,(H,20,21,22). The van der Waals surface area contributed by atoms with Crippen LogP contribution in [0.3, 0.4) is 0 Å². The van der Waals surface area contributed by atoms with Crippen LogP contribution in [0.4, 0.5) is 5.95 Å². The molecule has 0 radical (unpaired) electrons. The van der Waals surface area contributed by atoms with Crippen LogP contribution in [0.5, 0.6) is 11.5 Å². The zero-order valence-electron chi connectivity index (χ0n) is 15.1. The highest BCUT2D eigenvalue weighted by Crippen LogP contribution is 2.32. The van der Waals surface area contributed by atoms with Crippen LogP contribution >= 0.6 is 0 Å². The molecule has 0 amide bonds. The Kier molecular flexibility index (Phi) is 4.53. The number of anilines is 1. The van der Waals surface area contributed by atoms with Gasteiger partial charge in [-0.1, -0.05) is 6.07 Å². The first-order valence-electron chi connectivity index (χ1n) is 8.69. The highest BCUT2D eigenvalue weighted by atomic mass is 16.5. The number of carbonyl (C=O) groups excluding carboxylic acids is 1. The minimum Gasteiger partial charge on any atom is -0.493 e. The van der Waals surface area contributed by atoms with Crippen molar-refractivity contribution in [1.82, 2.24) is 14.8 Å². The highest BCUT2D eigenvalue weighted by molar-refractivity contribution is 5.85. The molecule has 0 atom stereocenters. The van der Waals surface area contributed by atoms with Crippen LogP contribution in [-0.2, 0) is 6.54 Å². The van der Waals surface area contributed by atoms with Gasteiger partial charge in [0.05, 0.1) is 20.5 Å². The Balaban J connectivity index is 1.58. The fourth-order valence-corrected chi connectivity index (χ4v) is 2.77. The van der Waals surface area contributed by atoms with Gasteiger partial charge in [-0.05, 0) is 42.7 Å². The van der Waals surface area contributed by atoms with Crippen molar-refractivity contribution in [2.24, 2.45) is 5.92 Å². The average molecular weight is 368 g/mol. The third-order valence-corrected chi connectivity index (χ3v) is 4.38. The number of furan rings is 1. The lowest BCUT2D eigenvalue weighted by molar-refractivity contribution is 0.0872. The lowest BCUT2D eigenvalue weighted by atomic mass is 10.2. The van der Waals surface area contributed by atoms with Crippen LogP contribution < -0.4 is 14.8 Å². The van der Waals surface area contributed by atoms with E-state index in [9.17, 15) is 4.79 Å². The van der Waals surface area contributed by atoms with Crippen LogP contribution in [0.2, 0.25) is 0 Å². The second kappa shape index (κ2) is 7.14. The molecule has 0 unspecified atom stereocenters. The molecule has 0 bridgehead atoms. The van der Waals surface area contributed by atoms with Gasteiger partial charge in [0, 0.05) is 12.5 Å². The molecule has 140 valence electrons. The Morgan fingerprint density at radius 1 is 1.26 bits per heavy atom. The summed E-state index contributed by atoms with van der Waals surface area (Å²) in [6.45, 7) is 0.453. The molecule has 0 saturated heterocycles. The minimum absolute atomic E-state index is 0.0257. The van der Waals surface area contributed by atoms with Gasteiger partial charge < -0.3 is 19.2 Å². The van der Waals surface area contributed by atoms with E-state index in [-0.39, 0.29) is 11.8 Å². The predicted octanol–water partition coefficient (Wildman–Crippen LogP) is 3.22. The summed E-state index contributed by atoms with van der Waals surface area (Å²) >= 11 is 0. The third-order valence-electron chi connectivity index (χ3n) is 4.38. The third kappa shape index (κ3) is 3.51. The van der Waals surface area contributed by atoms with E-state index in [0.29, 0.717) is 35.6 Å². The van der Waals surface area contributed by atoms with Crippen LogP contribution in [0, 0.1) is 5.92 Å². The van der Waals surface area contributed by atoms with Gasteiger partial charge in [-0.2, -0.15) is 9.67 Å². The van der Waals surface area contributed by atoms with E-state index < -0.39 is 0 Å². The van der Waals surface area contributed by atoms with Gasteiger partial charge in [-0.25, -0.2) is 0 Å². The summed E-state index contributed by atoms with van der Waals surface area (Å²) in [5.41, 5.74) is 0.959. The molecule has 2 aromatic heterocycles. The van der Waals surface area contributed by atoms with Gasteiger partial charge >= 0.3 is 0 Å². The molecule has 1 N–H and O–H groups in total. The van der Waals surface area contributed by atoms with E-state index in [1.54, 1.807) is 32.6 Å². The summed E-state index contributed by atoms with van der Waals surface area (Å²) in [6, 6.07) is 9.16. The van der Waals surface area contributed by atoms with Crippen LogP contribution in [-0.4, -0.2) is 34.9 Å². The molecule has 1 fully saturated rings. The Hall–Kier alpha value is -3.29. The summed E-state index contributed by atoms with van der Waals surface area (Å²) in [7, 11) is 3.19. The molecule has 8 heteroatoms. The zero-order chi connectivity index (χ0) is 18.8. The largest absolute Gasteiger partial charge is 0.493 e. The van der Waals surface area contributed by atoms with Crippen molar-refractivity contribution in [3.8, 4) is 23.1 Å². The van der Waals surface area contributed by atoms with Crippen molar-refractivity contribution in [2.75, 3.05) is 19.5 Å². The Labute approximate surface area is 156 Å². The minimum atomic E-state index is -0.0462. The van der Waals surface area contributed by atoms with E-state index in [0.717, 1.165) is 18.4 Å². The second-order valence-corrected chi connectivity index (χ2v) is 6.30. The number of nitrogens with zero attached hydrogens (tertiary/aromatic N) is 3. The molecular formula is C19H20N4O4. The fourth-order valence-electron chi connectivity index (χ4n) is 2.77. The van der Waals surface area contributed by atoms with Crippen LogP contribution in [0.1, 0.15) is 23.2 Å². The van der Waals surface area contributed by atoms with Crippen molar-refractivity contribution in [1.29, 1.82) is 0 Å². The van der Waals surface area contributed by atoms with E-state index in [2.05, 4.69) is 15.4 Å². The van der Waals surface area contributed by atoms with E-state index >= 15 is 0 Å². The zero-order valence-corrected chi connectivity index (χ0v) is 15.1. The fraction of sp³-hybridized carbons (Fsp3) is 0.316. The number of nitrogens with one attached hydrogen (secondary N) is 1. The SMILES string of the molecule is COc1ccc(CNc2nc(-c3ccco3)nn2C(=O)C2CC2)cc1OC. The molecule has 1 saturated carbocycles. The molecule has 0 aliphatic heterocycles. The van der Waals surface area contributed by atoms with Crippen molar-refractivity contribution in [3.05, 3.63) is 42.2 Å². The molecule has 0 spiro atoms. The van der Waals surface area contributed by atoms with Crippen molar-refractivity contribution < 1.29 is 18.7 Å². The molecule has 1 aliphatic carbocycles. The first-order chi connectivity index (χ1) is 13.2. The number of aromatic nitrogens is 3. The van der Waals surface area contributed by atoms with E-state index in [1.165, 1.54) is 4.68 Å².